The first kappa shape index (κ1) is 13.3. The number of carbonyl (C=O) groups excluding carboxylic acids is 1. The SMILES string of the molecule is CCC12CCC(=O)CC1CCc1cc(C(=O)O)ccc12. The maximum Gasteiger partial charge on any atom is 0.335 e. The Bertz CT molecular complexity index is 576. The third kappa shape index (κ3) is 1.88. The summed E-state index contributed by atoms with van der Waals surface area (Å²) >= 11 is 0. The molecule has 3 rings (SSSR count). The summed E-state index contributed by atoms with van der Waals surface area (Å²) in [5.74, 6) is -0.0269. The summed E-state index contributed by atoms with van der Waals surface area (Å²) in [6.07, 6.45) is 5.24. The van der Waals surface area contributed by atoms with Gasteiger partial charge in [-0.05, 0) is 60.3 Å². The molecule has 0 aromatic heterocycles. The number of hydrogen-bond donors (Lipinski definition) is 1. The van der Waals surface area contributed by atoms with Crippen LogP contribution in [-0.4, -0.2) is 16.9 Å². The average Bonchev–Trinajstić information content (AvgIpc) is 2.46. The number of carboxylic acid groups (broad SMARTS) is 1. The van der Waals surface area contributed by atoms with E-state index in [0.717, 1.165) is 25.7 Å². The van der Waals surface area contributed by atoms with Crippen molar-refractivity contribution in [2.45, 2.75) is 50.9 Å². The molecule has 3 heteroatoms. The van der Waals surface area contributed by atoms with E-state index in [4.69, 9.17) is 5.11 Å². The second-order valence-corrected chi connectivity index (χ2v) is 6.17. The van der Waals surface area contributed by atoms with Crippen LogP contribution in [-0.2, 0) is 16.6 Å². The van der Waals surface area contributed by atoms with Gasteiger partial charge in [-0.3, -0.25) is 4.79 Å². The molecule has 106 valence electrons. The standard InChI is InChI=1S/C17H20O3/c1-2-17-8-7-14(18)10-13(17)5-3-11-9-12(16(19)20)4-6-15(11)17/h4,6,9,13H,2-3,5,7-8,10H2,1H3,(H,19,20). The van der Waals surface area contributed by atoms with Crippen molar-refractivity contribution in [3.8, 4) is 0 Å². The van der Waals surface area contributed by atoms with E-state index in [-0.39, 0.29) is 5.41 Å². The number of carboxylic acids is 1. The molecule has 2 aliphatic carbocycles. The number of carbonyl (C=O) groups is 2. The number of Topliss-reactive ketones (excluding diaryl/α,β-unsaturated/α-hetero) is 1. The number of rotatable bonds is 2. The van der Waals surface area contributed by atoms with Gasteiger partial charge >= 0.3 is 5.97 Å². The summed E-state index contributed by atoms with van der Waals surface area (Å²) in [6, 6.07) is 5.56. The lowest BCUT2D eigenvalue weighted by Gasteiger charge is -2.48. The lowest BCUT2D eigenvalue weighted by molar-refractivity contribution is -0.123. The van der Waals surface area contributed by atoms with Crippen LogP contribution in [0.25, 0.3) is 0 Å². The van der Waals surface area contributed by atoms with E-state index in [2.05, 4.69) is 6.92 Å². The second-order valence-electron chi connectivity index (χ2n) is 6.17. The van der Waals surface area contributed by atoms with Crippen LogP contribution < -0.4 is 0 Å². The van der Waals surface area contributed by atoms with Crippen molar-refractivity contribution < 1.29 is 14.7 Å². The first-order valence-corrected chi connectivity index (χ1v) is 7.45. The lowest BCUT2D eigenvalue weighted by atomic mass is 9.56. The van der Waals surface area contributed by atoms with Crippen molar-refractivity contribution in [1.82, 2.24) is 0 Å². The second kappa shape index (κ2) is 4.72. The van der Waals surface area contributed by atoms with Gasteiger partial charge in [0.25, 0.3) is 0 Å². The van der Waals surface area contributed by atoms with Crippen LogP contribution in [0.5, 0.6) is 0 Å². The summed E-state index contributed by atoms with van der Waals surface area (Å²) in [4.78, 5) is 22.9. The zero-order chi connectivity index (χ0) is 14.3. The monoisotopic (exact) mass is 272 g/mol. The highest BCUT2D eigenvalue weighted by atomic mass is 16.4. The number of benzene rings is 1. The Kier molecular flexibility index (Phi) is 3.15. The predicted octanol–water partition coefficient (Wildman–Crippen LogP) is 3.35. The predicted molar refractivity (Wildman–Crippen MR) is 76.0 cm³/mol. The minimum atomic E-state index is -0.862. The number of ketones is 1. The molecule has 1 fully saturated rings. The highest BCUT2D eigenvalue weighted by Crippen LogP contribution is 2.51. The van der Waals surface area contributed by atoms with Crippen LogP contribution in [0, 0.1) is 5.92 Å². The number of fused-ring (bicyclic) bond motifs is 3. The molecule has 0 heterocycles. The maximum atomic E-state index is 11.8. The third-order valence-electron chi connectivity index (χ3n) is 5.39. The Labute approximate surface area is 119 Å². The van der Waals surface area contributed by atoms with E-state index < -0.39 is 5.97 Å². The number of aromatic carboxylic acids is 1. The lowest BCUT2D eigenvalue weighted by Crippen LogP contribution is -2.43. The van der Waals surface area contributed by atoms with Crippen LogP contribution in [0.4, 0.5) is 0 Å². The molecule has 1 N–H and O–H groups in total. The molecule has 2 aliphatic rings. The van der Waals surface area contributed by atoms with Gasteiger partial charge in [-0.15, -0.1) is 0 Å². The molecule has 0 bridgehead atoms. The van der Waals surface area contributed by atoms with Crippen molar-refractivity contribution in [3.05, 3.63) is 34.9 Å². The Balaban J connectivity index is 2.08. The molecule has 0 radical (unpaired) electrons. The topological polar surface area (TPSA) is 54.4 Å². The summed E-state index contributed by atoms with van der Waals surface area (Å²) in [5.41, 5.74) is 2.95. The van der Waals surface area contributed by atoms with Gasteiger partial charge in [-0.1, -0.05) is 13.0 Å². The zero-order valence-corrected chi connectivity index (χ0v) is 11.8. The first-order valence-electron chi connectivity index (χ1n) is 7.45. The van der Waals surface area contributed by atoms with Crippen molar-refractivity contribution in [2.24, 2.45) is 5.92 Å². The highest BCUT2D eigenvalue weighted by Gasteiger charge is 2.46. The molecule has 1 aromatic carbocycles. The van der Waals surface area contributed by atoms with E-state index >= 15 is 0 Å². The van der Waals surface area contributed by atoms with Gasteiger partial charge < -0.3 is 5.11 Å². The minimum absolute atomic E-state index is 0.0958. The summed E-state index contributed by atoms with van der Waals surface area (Å²) in [5, 5.41) is 9.13. The number of hydrogen-bond acceptors (Lipinski definition) is 2. The summed E-state index contributed by atoms with van der Waals surface area (Å²) in [7, 11) is 0. The smallest absolute Gasteiger partial charge is 0.335 e. The third-order valence-corrected chi connectivity index (χ3v) is 5.39. The molecule has 0 saturated heterocycles. The molecular weight excluding hydrogens is 252 g/mol. The zero-order valence-electron chi connectivity index (χ0n) is 11.8. The molecule has 0 amide bonds. The van der Waals surface area contributed by atoms with Crippen molar-refractivity contribution in [2.75, 3.05) is 0 Å². The van der Waals surface area contributed by atoms with Gasteiger partial charge in [-0.2, -0.15) is 0 Å². The van der Waals surface area contributed by atoms with Crippen molar-refractivity contribution >= 4 is 11.8 Å². The van der Waals surface area contributed by atoms with E-state index in [1.54, 1.807) is 6.07 Å². The normalized spacial score (nSPS) is 28.6. The van der Waals surface area contributed by atoms with Gasteiger partial charge in [0.1, 0.15) is 5.78 Å². The molecule has 0 aliphatic heterocycles. The van der Waals surface area contributed by atoms with Gasteiger partial charge in [0.05, 0.1) is 5.56 Å². The summed E-state index contributed by atoms with van der Waals surface area (Å²) < 4.78 is 0. The molecule has 3 nitrogen and oxygen atoms in total. The fourth-order valence-corrected chi connectivity index (χ4v) is 4.28. The molecular formula is C17H20O3. The highest BCUT2D eigenvalue weighted by molar-refractivity contribution is 5.88. The van der Waals surface area contributed by atoms with Crippen LogP contribution >= 0.6 is 0 Å². The fraction of sp³-hybridized carbons (Fsp3) is 0.529. The van der Waals surface area contributed by atoms with Crippen molar-refractivity contribution in [3.63, 3.8) is 0 Å². The first-order chi connectivity index (χ1) is 9.56. The van der Waals surface area contributed by atoms with Crippen LogP contribution in [0.2, 0.25) is 0 Å². The van der Waals surface area contributed by atoms with E-state index in [1.165, 1.54) is 11.1 Å². The molecule has 20 heavy (non-hydrogen) atoms. The minimum Gasteiger partial charge on any atom is -0.478 e. The summed E-state index contributed by atoms with van der Waals surface area (Å²) in [6.45, 7) is 2.20. The molecule has 0 spiro atoms. The van der Waals surface area contributed by atoms with E-state index in [0.29, 0.717) is 30.1 Å². The Morgan fingerprint density at radius 1 is 1.40 bits per heavy atom. The number of aryl methyl sites for hydroxylation is 1. The van der Waals surface area contributed by atoms with Gasteiger partial charge in [0.2, 0.25) is 0 Å². The Hall–Kier alpha value is -1.64. The molecule has 1 aromatic rings. The van der Waals surface area contributed by atoms with Gasteiger partial charge in [0, 0.05) is 12.8 Å². The van der Waals surface area contributed by atoms with Gasteiger partial charge in [0.15, 0.2) is 0 Å². The Morgan fingerprint density at radius 3 is 2.90 bits per heavy atom. The van der Waals surface area contributed by atoms with Gasteiger partial charge in [-0.25, -0.2) is 4.79 Å². The quantitative estimate of drug-likeness (QED) is 0.898. The molecule has 1 saturated carbocycles. The van der Waals surface area contributed by atoms with Crippen LogP contribution in [0.3, 0.4) is 0 Å². The van der Waals surface area contributed by atoms with E-state index in [9.17, 15) is 9.59 Å². The largest absolute Gasteiger partial charge is 0.478 e. The molecule has 2 unspecified atom stereocenters. The van der Waals surface area contributed by atoms with E-state index in [1.807, 2.05) is 12.1 Å². The fourth-order valence-electron chi connectivity index (χ4n) is 4.28. The molecule has 2 atom stereocenters. The average molecular weight is 272 g/mol. The van der Waals surface area contributed by atoms with Crippen LogP contribution in [0.1, 0.15) is 60.5 Å². The maximum absolute atomic E-state index is 11.8. The van der Waals surface area contributed by atoms with Crippen molar-refractivity contribution in [1.29, 1.82) is 0 Å². The Morgan fingerprint density at radius 2 is 2.20 bits per heavy atom. The van der Waals surface area contributed by atoms with Crippen LogP contribution in [0.15, 0.2) is 18.2 Å².